The lowest BCUT2D eigenvalue weighted by Gasteiger charge is -2.12. The lowest BCUT2D eigenvalue weighted by Crippen LogP contribution is -2.24. The third-order valence-corrected chi connectivity index (χ3v) is 4.78. The highest BCUT2D eigenvalue weighted by Crippen LogP contribution is 2.29. The van der Waals surface area contributed by atoms with E-state index in [1.807, 2.05) is 26.0 Å². The predicted molar refractivity (Wildman–Crippen MR) is 98.1 cm³/mol. The fourth-order valence-electron chi connectivity index (χ4n) is 2.22. The van der Waals surface area contributed by atoms with Crippen molar-refractivity contribution in [3.05, 3.63) is 53.1 Å². The van der Waals surface area contributed by atoms with Crippen LogP contribution < -0.4 is 14.8 Å². The van der Waals surface area contributed by atoms with Crippen molar-refractivity contribution >= 4 is 17.7 Å². The summed E-state index contributed by atoms with van der Waals surface area (Å²) in [5, 5.41) is 2.80. The van der Waals surface area contributed by atoms with Crippen molar-refractivity contribution in [2.75, 3.05) is 12.9 Å². The molecule has 0 unspecified atom stereocenters. The molecule has 4 nitrogen and oxygen atoms in total. The Labute approximate surface area is 155 Å². The van der Waals surface area contributed by atoms with Crippen molar-refractivity contribution < 1.29 is 23.0 Å². The number of ether oxygens (including phenoxy) is 2. The molecule has 0 aliphatic rings. The van der Waals surface area contributed by atoms with Gasteiger partial charge in [-0.3, -0.25) is 4.79 Å². The van der Waals surface area contributed by atoms with Crippen LogP contribution in [-0.4, -0.2) is 25.4 Å². The summed E-state index contributed by atoms with van der Waals surface area (Å²) < 4.78 is 34.1. The first kappa shape index (κ1) is 20.0. The summed E-state index contributed by atoms with van der Waals surface area (Å²) in [7, 11) is 1.37. The number of halogens is 2. The molecule has 0 spiro atoms. The Hall–Kier alpha value is -2.28. The van der Waals surface area contributed by atoms with Gasteiger partial charge in [0.25, 0.3) is 0 Å². The number of methoxy groups -OCH3 is 1. The number of benzene rings is 2. The highest BCUT2D eigenvalue weighted by atomic mass is 32.2. The number of hydrogen-bond acceptors (Lipinski definition) is 4. The highest BCUT2D eigenvalue weighted by Gasteiger charge is 2.11. The molecule has 2 aromatic carbocycles. The maximum atomic E-state index is 12.3. The van der Waals surface area contributed by atoms with E-state index in [2.05, 4.69) is 16.1 Å². The second kappa shape index (κ2) is 9.43. The summed E-state index contributed by atoms with van der Waals surface area (Å²) >= 11 is 1.46. The standard InChI is InChI=1S/C19H21F2NO3S/c1-12-4-6-15(8-13(12)2)26-11-18(23)22-10-14-5-7-16(25-19(20)21)17(9-14)24-3/h4-9,19H,10-11H2,1-3H3,(H,22,23). The SMILES string of the molecule is COc1cc(CNC(=O)CSc2ccc(C)c(C)c2)ccc1OC(F)F. The molecule has 0 saturated heterocycles. The molecule has 2 aromatic rings. The normalized spacial score (nSPS) is 10.7. The van der Waals surface area contributed by atoms with E-state index in [0.717, 1.165) is 10.5 Å². The fraction of sp³-hybridized carbons (Fsp3) is 0.316. The maximum Gasteiger partial charge on any atom is 0.387 e. The Kier molecular flexibility index (Phi) is 7.26. The average molecular weight is 381 g/mol. The Morgan fingerprint density at radius 3 is 2.54 bits per heavy atom. The summed E-state index contributed by atoms with van der Waals surface area (Å²) in [5.74, 6) is 0.344. The molecular formula is C19H21F2NO3S. The monoisotopic (exact) mass is 381 g/mol. The van der Waals surface area contributed by atoms with E-state index in [1.54, 1.807) is 12.1 Å². The number of amides is 1. The van der Waals surface area contributed by atoms with Crippen LogP contribution in [0.4, 0.5) is 8.78 Å². The van der Waals surface area contributed by atoms with E-state index in [1.165, 1.54) is 36.1 Å². The first-order valence-corrected chi connectivity index (χ1v) is 8.96. The van der Waals surface area contributed by atoms with Crippen molar-refractivity contribution in [3.8, 4) is 11.5 Å². The molecule has 140 valence electrons. The third kappa shape index (κ3) is 5.91. The molecule has 2 rings (SSSR count). The second-order valence-electron chi connectivity index (χ2n) is 5.68. The van der Waals surface area contributed by atoms with E-state index in [-0.39, 0.29) is 24.0 Å². The lowest BCUT2D eigenvalue weighted by molar-refractivity contribution is -0.118. The zero-order chi connectivity index (χ0) is 19.1. The molecule has 0 aliphatic heterocycles. The van der Waals surface area contributed by atoms with E-state index in [4.69, 9.17) is 4.74 Å². The lowest BCUT2D eigenvalue weighted by atomic mass is 10.1. The average Bonchev–Trinajstić information content (AvgIpc) is 2.61. The smallest absolute Gasteiger partial charge is 0.387 e. The molecule has 0 saturated carbocycles. The number of nitrogens with one attached hydrogen (secondary N) is 1. The van der Waals surface area contributed by atoms with Gasteiger partial charge in [0.2, 0.25) is 5.91 Å². The maximum absolute atomic E-state index is 12.3. The second-order valence-corrected chi connectivity index (χ2v) is 6.72. The van der Waals surface area contributed by atoms with Gasteiger partial charge in [-0.2, -0.15) is 8.78 Å². The number of carbonyl (C=O) groups excluding carboxylic acids is 1. The van der Waals surface area contributed by atoms with Gasteiger partial charge in [-0.15, -0.1) is 11.8 Å². The van der Waals surface area contributed by atoms with E-state index < -0.39 is 6.61 Å². The van der Waals surface area contributed by atoms with Gasteiger partial charge in [0, 0.05) is 11.4 Å². The zero-order valence-electron chi connectivity index (χ0n) is 14.8. The van der Waals surface area contributed by atoms with Gasteiger partial charge in [0.1, 0.15) is 0 Å². The molecular weight excluding hydrogens is 360 g/mol. The minimum absolute atomic E-state index is 0.0390. The number of alkyl halides is 2. The van der Waals surface area contributed by atoms with E-state index >= 15 is 0 Å². The van der Waals surface area contributed by atoms with Crippen LogP contribution in [0.1, 0.15) is 16.7 Å². The Morgan fingerprint density at radius 2 is 1.88 bits per heavy atom. The van der Waals surface area contributed by atoms with Crippen LogP contribution in [0.15, 0.2) is 41.3 Å². The number of hydrogen-bond donors (Lipinski definition) is 1. The molecule has 0 heterocycles. The van der Waals surface area contributed by atoms with Crippen LogP contribution in [0, 0.1) is 13.8 Å². The minimum atomic E-state index is -2.92. The van der Waals surface area contributed by atoms with Gasteiger partial charge < -0.3 is 14.8 Å². The van der Waals surface area contributed by atoms with Gasteiger partial charge in [0.15, 0.2) is 11.5 Å². The first-order valence-electron chi connectivity index (χ1n) is 7.97. The molecule has 26 heavy (non-hydrogen) atoms. The van der Waals surface area contributed by atoms with Crippen LogP contribution in [-0.2, 0) is 11.3 Å². The van der Waals surface area contributed by atoms with Crippen molar-refractivity contribution in [2.45, 2.75) is 31.9 Å². The van der Waals surface area contributed by atoms with Crippen LogP contribution in [0.2, 0.25) is 0 Å². The van der Waals surface area contributed by atoms with E-state index in [9.17, 15) is 13.6 Å². The van der Waals surface area contributed by atoms with Crippen molar-refractivity contribution in [1.82, 2.24) is 5.32 Å². The Bertz CT molecular complexity index is 768. The summed E-state index contributed by atoms with van der Waals surface area (Å²) in [6, 6.07) is 10.7. The third-order valence-electron chi connectivity index (χ3n) is 3.78. The van der Waals surface area contributed by atoms with Gasteiger partial charge in [-0.05, 0) is 54.8 Å². The fourth-order valence-corrected chi connectivity index (χ4v) is 3.04. The van der Waals surface area contributed by atoms with Crippen LogP contribution in [0.25, 0.3) is 0 Å². The quantitative estimate of drug-likeness (QED) is 0.692. The van der Waals surface area contributed by atoms with Gasteiger partial charge in [-0.25, -0.2) is 0 Å². The largest absolute Gasteiger partial charge is 0.493 e. The number of thioether (sulfide) groups is 1. The summed E-state index contributed by atoms with van der Waals surface area (Å²) in [6.45, 7) is 1.44. The molecule has 0 fully saturated rings. The van der Waals surface area contributed by atoms with Crippen molar-refractivity contribution in [3.63, 3.8) is 0 Å². The number of carbonyl (C=O) groups is 1. The van der Waals surface area contributed by atoms with Crippen molar-refractivity contribution in [1.29, 1.82) is 0 Å². The zero-order valence-corrected chi connectivity index (χ0v) is 15.7. The molecule has 0 bridgehead atoms. The predicted octanol–water partition coefficient (Wildman–Crippen LogP) is 4.32. The van der Waals surface area contributed by atoms with Gasteiger partial charge >= 0.3 is 6.61 Å². The first-order chi connectivity index (χ1) is 12.4. The molecule has 1 amide bonds. The van der Waals surface area contributed by atoms with Crippen LogP contribution in [0.5, 0.6) is 11.5 Å². The molecule has 0 aliphatic carbocycles. The van der Waals surface area contributed by atoms with Crippen LogP contribution >= 0.6 is 11.8 Å². The summed E-state index contributed by atoms with van der Waals surface area (Å²) in [4.78, 5) is 13.1. The molecule has 0 atom stereocenters. The summed E-state index contributed by atoms with van der Waals surface area (Å²) in [6.07, 6.45) is 0. The minimum Gasteiger partial charge on any atom is -0.493 e. The molecule has 0 radical (unpaired) electrons. The van der Waals surface area contributed by atoms with Gasteiger partial charge in [0.05, 0.1) is 12.9 Å². The molecule has 1 N–H and O–H groups in total. The van der Waals surface area contributed by atoms with Crippen molar-refractivity contribution in [2.24, 2.45) is 0 Å². The Morgan fingerprint density at radius 1 is 1.12 bits per heavy atom. The molecule has 7 heteroatoms. The summed E-state index contributed by atoms with van der Waals surface area (Å²) in [5.41, 5.74) is 3.13. The number of rotatable bonds is 8. The highest BCUT2D eigenvalue weighted by molar-refractivity contribution is 8.00. The number of aryl methyl sites for hydroxylation is 2. The topological polar surface area (TPSA) is 47.6 Å². The molecule has 0 aromatic heterocycles. The Balaban J connectivity index is 1.87. The van der Waals surface area contributed by atoms with Gasteiger partial charge in [-0.1, -0.05) is 12.1 Å². The van der Waals surface area contributed by atoms with E-state index in [0.29, 0.717) is 5.75 Å². The van der Waals surface area contributed by atoms with Crippen LogP contribution in [0.3, 0.4) is 0 Å².